The molecule has 2 atom stereocenters. The predicted molar refractivity (Wildman–Crippen MR) is 63.0 cm³/mol. The summed E-state index contributed by atoms with van der Waals surface area (Å²) in [6.45, 7) is 5.52. The highest BCUT2D eigenvalue weighted by Crippen LogP contribution is 2.27. The zero-order chi connectivity index (χ0) is 11.7. The van der Waals surface area contributed by atoms with E-state index in [0.29, 0.717) is 5.69 Å². The van der Waals surface area contributed by atoms with E-state index < -0.39 is 0 Å². The summed E-state index contributed by atoms with van der Waals surface area (Å²) in [6.07, 6.45) is 0.290. The molecule has 1 fully saturated rings. The molecule has 4 heteroatoms. The van der Waals surface area contributed by atoms with E-state index in [2.05, 4.69) is 4.90 Å². The topological polar surface area (TPSA) is 38.5 Å². The second kappa shape index (κ2) is 4.29. The van der Waals surface area contributed by atoms with Crippen molar-refractivity contribution in [1.82, 2.24) is 0 Å². The molecule has 0 saturated carbocycles. The van der Waals surface area contributed by atoms with Crippen molar-refractivity contribution in [2.45, 2.75) is 26.1 Å². The van der Waals surface area contributed by atoms with Gasteiger partial charge in [-0.1, -0.05) is 0 Å². The predicted octanol–water partition coefficient (Wildman–Crippen LogP) is 2.02. The van der Waals surface area contributed by atoms with Crippen molar-refractivity contribution in [3.63, 3.8) is 0 Å². The largest absolute Gasteiger partial charge is 0.397 e. The van der Waals surface area contributed by atoms with Crippen LogP contribution in [0.3, 0.4) is 0 Å². The molecule has 1 aliphatic rings. The monoisotopic (exact) mass is 224 g/mol. The third kappa shape index (κ3) is 2.27. The molecular weight excluding hydrogens is 207 g/mol. The Balaban J connectivity index is 2.25. The average Bonchev–Trinajstić information content (AvgIpc) is 2.20. The van der Waals surface area contributed by atoms with Gasteiger partial charge in [-0.25, -0.2) is 4.39 Å². The standard InChI is InChI=1S/C12H17FN2O/c1-8-6-15(7-9(2)16-8)12-5-10(13)3-4-11(12)14/h3-5,8-9H,6-7,14H2,1-2H3. The summed E-state index contributed by atoms with van der Waals surface area (Å²) in [4.78, 5) is 2.08. The van der Waals surface area contributed by atoms with Gasteiger partial charge in [0.1, 0.15) is 5.82 Å². The van der Waals surface area contributed by atoms with E-state index in [1.54, 1.807) is 6.07 Å². The highest BCUT2D eigenvalue weighted by molar-refractivity contribution is 5.67. The Labute approximate surface area is 95.0 Å². The lowest BCUT2D eigenvalue weighted by Gasteiger charge is -2.37. The van der Waals surface area contributed by atoms with Gasteiger partial charge in [-0.3, -0.25) is 0 Å². The van der Waals surface area contributed by atoms with Gasteiger partial charge in [0.25, 0.3) is 0 Å². The summed E-state index contributed by atoms with van der Waals surface area (Å²) in [5.74, 6) is -0.254. The fourth-order valence-electron chi connectivity index (χ4n) is 2.17. The van der Waals surface area contributed by atoms with Crippen LogP contribution in [-0.4, -0.2) is 25.3 Å². The van der Waals surface area contributed by atoms with Crippen molar-refractivity contribution in [3.05, 3.63) is 24.0 Å². The van der Waals surface area contributed by atoms with Crippen LogP contribution in [0.4, 0.5) is 15.8 Å². The number of hydrogen-bond donors (Lipinski definition) is 1. The summed E-state index contributed by atoms with van der Waals surface area (Å²) in [7, 11) is 0. The van der Waals surface area contributed by atoms with E-state index in [1.807, 2.05) is 13.8 Å². The first-order valence-electron chi connectivity index (χ1n) is 5.51. The molecule has 0 radical (unpaired) electrons. The van der Waals surface area contributed by atoms with Crippen molar-refractivity contribution in [3.8, 4) is 0 Å². The number of halogens is 1. The van der Waals surface area contributed by atoms with Gasteiger partial charge in [-0.15, -0.1) is 0 Å². The van der Waals surface area contributed by atoms with Crippen LogP contribution in [0.1, 0.15) is 13.8 Å². The first-order chi connectivity index (χ1) is 7.56. The third-order valence-corrected chi connectivity index (χ3v) is 2.75. The second-order valence-electron chi connectivity index (χ2n) is 4.37. The lowest BCUT2D eigenvalue weighted by molar-refractivity contribution is -0.00518. The van der Waals surface area contributed by atoms with Gasteiger partial charge in [0.15, 0.2) is 0 Å². The number of hydrogen-bond acceptors (Lipinski definition) is 3. The smallest absolute Gasteiger partial charge is 0.125 e. The van der Waals surface area contributed by atoms with E-state index in [-0.39, 0.29) is 18.0 Å². The van der Waals surface area contributed by atoms with Gasteiger partial charge in [-0.05, 0) is 32.0 Å². The number of benzene rings is 1. The molecule has 1 aromatic rings. The molecule has 3 nitrogen and oxygen atoms in total. The quantitative estimate of drug-likeness (QED) is 0.742. The van der Waals surface area contributed by atoms with Crippen LogP contribution in [0.2, 0.25) is 0 Å². The molecule has 0 amide bonds. The van der Waals surface area contributed by atoms with Gasteiger partial charge in [0.2, 0.25) is 0 Å². The molecule has 0 bridgehead atoms. The minimum atomic E-state index is -0.254. The third-order valence-electron chi connectivity index (χ3n) is 2.75. The van der Waals surface area contributed by atoms with Gasteiger partial charge in [-0.2, -0.15) is 0 Å². The molecule has 1 saturated heterocycles. The molecule has 1 aromatic carbocycles. The van der Waals surface area contributed by atoms with Crippen molar-refractivity contribution in [2.24, 2.45) is 0 Å². The minimum Gasteiger partial charge on any atom is -0.397 e. The molecule has 16 heavy (non-hydrogen) atoms. The number of nitrogens with two attached hydrogens (primary N) is 1. The Morgan fingerprint density at radius 2 is 1.94 bits per heavy atom. The molecule has 88 valence electrons. The van der Waals surface area contributed by atoms with Gasteiger partial charge < -0.3 is 15.4 Å². The Bertz CT molecular complexity index is 373. The maximum Gasteiger partial charge on any atom is 0.125 e. The van der Waals surface area contributed by atoms with E-state index in [1.165, 1.54) is 12.1 Å². The van der Waals surface area contributed by atoms with Crippen LogP contribution in [0.15, 0.2) is 18.2 Å². The molecule has 1 aliphatic heterocycles. The Kier molecular flexibility index (Phi) is 3.01. The number of nitrogen functional groups attached to an aromatic ring is 1. The van der Waals surface area contributed by atoms with Crippen LogP contribution in [0.5, 0.6) is 0 Å². The van der Waals surface area contributed by atoms with Crippen LogP contribution in [0, 0.1) is 5.82 Å². The van der Waals surface area contributed by atoms with Crippen molar-refractivity contribution < 1.29 is 9.13 Å². The zero-order valence-corrected chi connectivity index (χ0v) is 9.61. The number of rotatable bonds is 1. The average molecular weight is 224 g/mol. The maximum atomic E-state index is 13.2. The van der Waals surface area contributed by atoms with E-state index in [0.717, 1.165) is 18.8 Å². The number of anilines is 2. The summed E-state index contributed by atoms with van der Waals surface area (Å²) in [5.41, 5.74) is 7.24. The second-order valence-corrected chi connectivity index (χ2v) is 4.37. The summed E-state index contributed by atoms with van der Waals surface area (Å²) in [5, 5.41) is 0. The molecule has 1 heterocycles. The highest BCUT2D eigenvalue weighted by atomic mass is 19.1. The van der Waals surface area contributed by atoms with Gasteiger partial charge in [0, 0.05) is 13.1 Å². The van der Waals surface area contributed by atoms with Crippen molar-refractivity contribution >= 4 is 11.4 Å². The Morgan fingerprint density at radius 3 is 2.56 bits per heavy atom. The van der Waals surface area contributed by atoms with Gasteiger partial charge in [0.05, 0.1) is 23.6 Å². The van der Waals surface area contributed by atoms with Crippen molar-refractivity contribution in [2.75, 3.05) is 23.7 Å². The van der Waals surface area contributed by atoms with E-state index in [9.17, 15) is 4.39 Å². The lowest BCUT2D eigenvalue weighted by atomic mass is 10.1. The van der Waals surface area contributed by atoms with Crippen LogP contribution in [-0.2, 0) is 4.74 Å². The molecule has 0 aromatic heterocycles. The molecule has 0 spiro atoms. The maximum absolute atomic E-state index is 13.2. The first-order valence-corrected chi connectivity index (χ1v) is 5.51. The van der Waals surface area contributed by atoms with E-state index in [4.69, 9.17) is 10.5 Å². The zero-order valence-electron chi connectivity index (χ0n) is 9.61. The van der Waals surface area contributed by atoms with Crippen LogP contribution >= 0.6 is 0 Å². The minimum absolute atomic E-state index is 0.145. The Hall–Kier alpha value is -1.29. The SMILES string of the molecule is CC1CN(c2cc(F)ccc2N)CC(C)O1. The summed E-state index contributed by atoms with van der Waals surface area (Å²) < 4.78 is 18.8. The van der Waals surface area contributed by atoms with Crippen molar-refractivity contribution in [1.29, 1.82) is 0 Å². The lowest BCUT2D eigenvalue weighted by Crippen LogP contribution is -2.45. The first kappa shape index (κ1) is 11.2. The summed E-state index contributed by atoms with van der Waals surface area (Å²) in [6, 6.07) is 4.47. The number of morpholine rings is 1. The fourth-order valence-corrected chi connectivity index (χ4v) is 2.17. The number of nitrogens with zero attached hydrogens (tertiary/aromatic N) is 1. The normalized spacial score (nSPS) is 25.8. The molecule has 2 rings (SSSR count). The molecule has 2 unspecified atom stereocenters. The fraction of sp³-hybridized carbons (Fsp3) is 0.500. The molecule has 2 N–H and O–H groups in total. The highest BCUT2D eigenvalue weighted by Gasteiger charge is 2.23. The molecular formula is C12H17FN2O. The van der Waals surface area contributed by atoms with Crippen LogP contribution in [0.25, 0.3) is 0 Å². The number of ether oxygens (including phenoxy) is 1. The van der Waals surface area contributed by atoms with Crippen LogP contribution < -0.4 is 10.6 Å². The Morgan fingerprint density at radius 1 is 1.31 bits per heavy atom. The van der Waals surface area contributed by atoms with Gasteiger partial charge >= 0.3 is 0 Å². The summed E-state index contributed by atoms with van der Waals surface area (Å²) >= 11 is 0. The van der Waals surface area contributed by atoms with E-state index >= 15 is 0 Å². The molecule has 0 aliphatic carbocycles.